The van der Waals surface area contributed by atoms with E-state index in [-0.39, 0.29) is 6.04 Å². The molecule has 0 spiro atoms. The molecule has 0 saturated heterocycles. The lowest BCUT2D eigenvalue weighted by atomic mass is 10.1. The van der Waals surface area contributed by atoms with Crippen LogP contribution in [0.15, 0.2) is 41.5 Å². The molecule has 0 radical (unpaired) electrons. The summed E-state index contributed by atoms with van der Waals surface area (Å²) >= 11 is 18.3. The van der Waals surface area contributed by atoms with Gasteiger partial charge in [-0.2, -0.15) is 5.10 Å². The Morgan fingerprint density at radius 3 is 2.17 bits per heavy atom. The molecule has 122 valence electrons. The van der Waals surface area contributed by atoms with Crippen molar-refractivity contribution in [2.75, 3.05) is 10.7 Å². The van der Waals surface area contributed by atoms with Gasteiger partial charge in [-0.1, -0.05) is 34.8 Å². The fourth-order valence-corrected chi connectivity index (χ4v) is 2.89. The van der Waals surface area contributed by atoms with Crippen LogP contribution in [0.3, 0.4) is 0 Å². The van der Waals surface area contributed by atoms with Gasteiger partial charge >= 0.3 is 0 Å². The Balaban J connectivity index is 2.47. The highest BCUT2D eigenvalue weighted by Crippen LogP contribution is 2.28. The Labute approximate surface area is 151 Å². The molecule has 6 heteroatoms. The van der Waals surface area contributed by atoms with Gasteiger partial charge in [-0.05, 0) is 57.2 Å². The zero-order valence-electron chi connectivity index (χ0n) is 13.1. The van der Waals surface area contributed by atoms with Gasteiger partial charge in [-0.3, -0.25) is 5.01 Å². The first kappa shape index (κ1) is 17.9. The molecule has 2 rings (SSSR count). The van der Waals surface area contributed by atoms with Crippen LogP contribution in [0.5, 0.6) is 0 Å². The molecule has 0 heterocycles. The van der Waals surface area contributed by atoms with Crippen molar-refractivity contribution in [3.05, 3.63) is 57.0 Å². The third-order valence-electron chi connectivity index (χ3n) is 3.26. The average Bonchev–Trinajstić information content (AvgIpc) is 2.45. The van der Waals surface area contributed by atoms with Crippen LogP contribution in [-0.4, -0.2) is 11.8 Å². The quantitative estimate of drug-likeness (QED) is 0.415. The van der Waals surface area contributed by atoms with Crippen LogP contribution < -0.4 is 10.7 Å². The predicted molar refractivity (Wildman–Crippen MR) is 102 cm³/mol. The number of hydrogen-bond acceptors (Lipinski definition) is 3. The summed E-state index contributed by atoms with van der Waals surface area (Å²) in [7, 11) is 0. The number of nitrogen functional groups attached to an aromatic ring is 1. The van der Waals surface area contributed by atoms with E-state index < -0.39 is 0 Å². The molecule has 0 fully saturated rings. The number of rotatable bonds is 4. The number of hydrazone groups is 1. The molecule has 0 bridgehead atoms. The molecular weight excluding hydrogens is 353 g/mol. The number of anilines is 2. The standard InChI is InChI=1S/C17H18Cl3N3/c1-10(2)23(15-7-13(19)6-14(20)8-15)22-11(3)16-9-12(18)4-5-17(16)21/h4-10H,21H2,1-3H3/b22-11+. The molecule has 0 amide bonds. The molecule has 0 atom stereocenters. The van der Waals surface area contributed by atoms with Crippen LogP contribution in [0.4, 0.5) is 11.4 Å². The maximum Gasteiger partial charge on any atom is 0.0672 e. The number of halogens is 3. The normalized spacial score (nSPS) is 11.9. The zero-order valence-corrected chi connectivity index (χ0v) is 15.4. The highest BCUT2D eigenvalue weighted by molar-refractivity contribution is 6.35. The minimum absolute atomic E-state index is 0.111. The molecule has 0 saturated carbocycles. The van der Waals surface area contributed by atoms with Crippen molar-refractivity contribution in [2.24, 2.45) is 5.10 Å². The van der Waals surface area contributed by atoms with E-state index in [1.807, 2.05) is 37.9 Å². The molecular formula is C17H18Cl3N3. The van der Waals surface area contributed by atoms with Crippen molar-refractivity contribution in [1.82, 2.24) is 0 Å². The second kappa shape index (κ2) is 7.43. The van der Waals surface area contributed by atoms with Crippen LogP contribution in [-0.2, 0) is 0 Å². The predicted octanol–water partition coefficient (Wildman–Crippen LogP) is 5.87. The first-order valence-electron chi connectivity index (χ1n) is 7.14. The van der Waals surface area contributed by atoms with E-state index in [1.165, 1.54) is 0 Å². The summed E-state index contributed by atoms with van der Waals surface area (Å²) in [5, 5.41) is 8.29. The highest BCUT2D eigenvalue weighted by atomic mass is 35.5. The van der Waals surface area contributed by atoms with E-state index in [1.54, 1.807) is 24.3 Å². The van der Waals surface area contributed by atoms with E-state index in [0.717, 1.165) is 17.0 Å². The number of hydrogen-bond donors (Lipinski definition) is 1. The summed E-state index contributed by atoms with van der Waals surface area (Å²) in [4.78, 5) is 0. The Bertz CT molecular complexity index is 722. The SMILES string of the molecule is C/C(=N\N(c1cc(Cl)cc(Cl)c1)C(C)C)c1cc(Cl)ccc1N. The topological polar surface area (TPSA) is 41.6 Å². The Morgan fingerprint density at radius 2 is 1.61 bits per heavy atom. The third kappa shape index (κ3) is 4.54. The fraction of sp³-hybridized carbons (Fsp3) is 0.235. The van der Waals surface area contributed by atoms with Gasteiger partial charge in [0.1, 0.15) is 0 Å². The minimum Gasteiger partial charge on any atom is -0.398 e. The fourth-order valence-electron chi connectivity index (χ4n) is 2.20. The maximum atomic E-state index is 6.10. The molecule has 0 aliphatic heterocycles. The lowest BCUT2D eigenvalue weighted by Gasteiger charge is -2.25. The monoisotopic (exact) mass is 369 g/mol. The molecule has 23 heavy (non-hydrogen) atoms. The van der Waals surface area contributed by atoms with Crippen LogP contribution in [0.2, 0.25) is 15.1 Å². The van der Waals surface area contributed by atoms with Crippen molar-refractivity contribution < 1.29 is 0 Å². The van der Waals surface area contributed by atoms with E-state index in [2.05, 4.69) is 0 Å². The third-order valence-corrected chi connectivity index (χ3v) is 3.94. The summed E-state index contributed by atoms with van der Waals surface area (Å²) < 4.78 is 0. The average molecular weight is 371 g/mol. The molecule has 0 aliphatic rings. The van der Waals surface area contributed by atoms with E-state index in [0.29, 0.717) is 20.8 Å². The molecule has 2 aromatic carbocycles. The van der Waals surface area contributed by atoms with Crippen LogP contribution >= 0.6 is 34.8 Å². The minimum atomic E-state index is 0.111. The summed E-state index contributed by atoms with van der Waals surface area (Å²) in [6.07, 6.45) is 0. The molecule has 0 aliphatic carbocycles. The Hall–Kier alpha value is -1.42. The second-order valence-corrected chi connectivity index (χ2v) is 6.79. The van der Waals surface area contributed by atoms with E-state index in [4.69, 9.17) is 45.6 Å². The lowest BCUT2D eigenvalue weighted by Crippen LogP contribution is -2.26. The molecule has 0 unspecified atom stereocenters. The number of benzene rings is 2. The number of nitrogens with two attached hydrogens (primary N) is 1. The zero-order chi connectivity index (χ0) is 17.1. The maximum absolute atomic E-state index is 6.10. The molecule has 2 aromatic rings. The van der Waals surface area contributed by atoms with Crippen molar-refractivity contribution in [3.8, 4) is 0 Å². The summed E-state index contributed by atoms with van der Waals surface area (Å²) in [5.74, 6) is 0. The van der Waals surface area contributed by atoms with Gasteiger partial charge in [0.15, 0.2) is 0 Å². The van der Waals surface area contributed by atoms with Crippen LogP contribution in [0, 0.1) is 0 Å². The molecule has 2 N–H and O–H groups in total. The molecule has 3 nitrogen and oxygen atoms in total. The first-order chi connectivity index (χ1) is 10.8. The van der Waals surface area contributed by atoms with Gasteiger partial charge in [0.25, 0.3) is 0 Å². The van der Waals surface area contributed by atoms with E-state index in [9.17, 15) is 0 Å². The second-order valence-electron chi connectivity index (χ2n) is 5.48. The van der Waals surface area contributed by atoms with Gasteiger partial charge in [-0.15, -0.1) is 0 Å². The smallest absolute Gasteiger partial charge is 0.0672 e. The van der Waals surface area contributed by atoms with Gasteiger partial charge in [-0.25, -0.2) is 0 Å². The Morgan fingerprint density at radius 1 is 1.00 bits per heavy atom. The van der Waals surface area contributed by atoms with Crippen molar-refractivity contribution >= 4 is 51.9 Å². The van der Waals surface area contributed by atoms with Gasteiger partial charge in [0, 0.05) is 32.4 Å². The van der Waals surface area contributed by atoms with Crippen molar-refractivity contribution in [3.63, 3.8) is 0 Å². The van der Waals surface area contributed by atoms with Crippen LogP contribution in [0.25, 0.3) is 0 Å². The highest BCUT2D eigenvalue weighted by Gasteiger charge is 2.13. The van der Waals surface area contributed by atoms with Crippen molar-refractivity contribution in [2.45, 2.75) is 26.8 Å². The lowest BCUT2D eigenvalue weighted by molar-refractivity contribution is 0.713. The summed E-state index contributed by atoms with van der Waals surface area (Å²) in [5.41, 5.74) is 9.04. The van der Waals surface area contributed by atoms with E-state index >= 15 is 0 Å². The number of nitrogens with zero attached hydrogens (tertiary/aromatic N) is 2. The Kier molecular flexibility index (Phi) is 5.79. The summed E-state index contributed by atoms with van der Waals surface area (Å²) in [6.45, 7) is 5.96. The van der Waals surface area contributed by atoms with Crippen molar-refractivity contribution in [1.29, 1.82) is 0 Å². The van der Waals surface area contributed by atoms with Gasteiger partial charge in [0.2, 0.25) is 0 Å². The van der Waals surface area contributed by atoms with Crippen LogP contribution in [0.1, 0.15) is 26.3 Å². The molecule has 0 aromatic heterocycles. The summed E-state index contributed by atoms with van der Waals surface area (Å²) in [6, 6.07) is 10.8. The first-order valence-corrected chi connectivity index (χ1v) is 8.27. The largest absolute Gasteiger partial charge is 0.398 e. The van der Waals surface area contributed by atoms with Gasteiger partial charge in [0.05, 0.1) is 11.4 Å². The van der Waals surface area contributed by atoms with Gasteiger partial charge < -0.3 is 5.73 Å².